The zero-order valence-corrected chi connectivity index (χ0v) is 15.6. The summed E-state index contributed by atoms with van der Waals surface area (Å²) in [4.78, 5) is 0. The molecule has 0 aliphatic rings. The van der Waals surface area contributed by atoms with Crippen LogP contribution in [-0.2, 0) is 31.8 Å². The third-order valence-corrected chi connectivity index (χ3v) is 4.93. The third kappa shape index (κ3) is 3.91. The van der Waals surface area contributed by atoms with Crippen molar-refractivity contribution in [2.45, 2.75) is 44.2 Å². The van der Waals surface area contributed by atoms with Crippen LogP contribution < -0.4 is 0 Å². The molecule has 0 radical (unpaired) electrons. The van der Waals surface area contributed by atoms with Crippen molar-refractivity contribution in [1.29, 1.82) is 0 Å². The molecular formula is C19H18F6O6. The van der Waals surface area contributed by atoms with E-state index in [1.807, 2.05) is 0 Å². The molecule has 0 spiro atoms. The molecule has 0 aliphatic carbocycles. The summed E-state index contributed by atoms with van der Waals surface area (Å²) >= 11 is 0. The molecule has 0 heterocycles. The number of alkyl halides is 6. The summed E-state index contributed by atoms with van der Waals surface area (Å²) in [6, 6.07) is 1.22. The molecular weight excluding hydrogens is 438 g/mol. The van der Waals surface area contributed by atoms with E-state index in [4.69, 9.17) is 0 Å². The van der Waals surface area contributed by atoms with E-state index in [1.54, 1.807) is 0 Å². The molecule has 0 atom stereocenters. The van der Waals surface area contributed by atoms with E-state index in [2.05, 4.69) is 0 Å². The lowest BCUT2D eigenvalue weighted by molar-refractivity contribution is -0.288. The maximum Gasteiger partial charge on any atom is 0.411 e. The molecule has 0 bridgehead atoms. The lowest BCUT2D eigenvalue weighted by Gasteiger charge is -2.39. The van der Waals surface area contributed by atoms with Crippen LogP contribution >= 0.6 is 0 Å². The van der Waals surface area contributed by atoms with E-state index in [0.717, 1.165) is 0 Å². The average molecular weight is 456 g/mol. The summed E-state index contributed by atoms with van der Waals surface area (Å²) in [5.74, 6) is -1.74. The summed E-state index contributed by atoms with van der Waals surface area (Å²) in [6.07, 6.45) is -12.1. The highest BCUT2D eigenvalue weighted by Gasteiger charge is 2.72. The second-order valence-electron chi connectivity index (χ2n) is 6.66. The Hall–Kier alpha value is -2.54. The van der Waals surface area contributed by atoms with Gasteiger partial charge >= 0.3 is 12.4 Å². The van der Waals surface area contributed by atoms with Crippen molar-refractivity contribution < 1.29 is 57.0 Å². The van der Waals surface area contributed by atoms with E-state index in [9.17, 15) is 57.0 Å². The van der Waals surface area contributed by atoms with Crippen LogP contribution in [0.3, 0.4) is 0 Å². The Morgan fingerprint density at radius 3 is 0.903 bits per heavy atom. The molecule has 6 N–H and O–H groups in total. The molecule has 0 saturated heterocycles. The fourth-order valence-electron chi connectivity index (χ4n) is 3.42. The van der Waals surface area contributed by atoms with Crippen LogP contribution in [0.4, 0.5) is 26.3 Å². The van der Waals surface area contributed by atoms with Gasteiger partial charge in [-0.05, 0) is 35.4 Å². The van der Waals surface area contributed by atoms with Gasteiger partial charge in [-0.15, -0.1) is 0 Å². The lowest BCUT2D eigenvalue weighted by Crippen LogP contribution is -2.55. The minimum absolute atomic E-state index is 0.305. The molecule has 0 saturated carbocycles. The van der Waals surface area contributed by atoms with Crippen molar-refractivity contribution in [3.8, 4) is 11.5 Å². The standard InChI is InChI=1S/C19H18F6O6/c20-18(21,22)17(19(23,24)25,13-1-9(5-26)15(30)10(2-13)6-27)14-3-11(7-28)16(31)12(4-14)8-29/h1-4,26-31H,5-8H2. The molecule has 2 aromatic carbocycles. The Bertz CT molecular complexity index is 826. The molecule has 0 aromatic heterocycles. The predicted molar refractivity (Wildman–Crippen MR) is 92.8 cm³/mol. The normalized spacial score (nSPS) is 13.0. The molecule has 0 fully saturated rings. The Labute approximate surface area is 171 Å². The highest BCUT2D eigenvalue weighted by molar-refractivity contribution is 5.55. The van der Waals surface area contributed by atoms with E-state index < -0.39 is 89.1 Å². The first-order valence-electron chi connectivity index (χ1n) is 8.57. The van der Waals surface area contributed by atoms with Gasteiger partial charge in [0.15, 0.2) is 0 Å². The van der Waals surface area contributed by atoms with Crippen molar-refractivity contribution >= 4 is 0 Å². The molecule has 31 heavy (non-hydrogen) atoms. The van der Waals surface area contributed by atoms with Gasteiger partial charge in [-0.25, -0.2) is 0 Å². The number of aliphatic hydroxyl groups is 4. The average Bonchev–Trinajstić information content (AvgIpc) is 2.67. The van der Waals surface area contributed by atoms with Crippen LogP contribution in [0.5, 0.6) is 11.5 Å². The zero-order valence-electron chi connectivity index (χ0n) is 15.6. The van der Waals surface area contributed by atoms with Crippen LogP contribution in [0.15, 0.2) is 24.3 Å². The number of hydrogen-bond acceptors (Lipinski definition) is 6. The maximum atomic E-state index is 14.3. The summed E-state index contributed by atoms with van der Waals surface area (Å²) in [6.45, 7) is -4.51. The number of aromatic hydroxyl groups is 2. The van der Waals surface area contributed by atoms with Crippen LogP contribution in [0, 0.1) is 0 Å². The molecule has 2 rings (SSSR count). The number of phenols is 2. The van der Waals surface area contributed by atoms with Crippen LogP contribution in [0.2, 0.25) is 0 Å². The molecule has 12 heteroatoms. The fraction of sp³-hybridized carbons (Fsp3) is 0.368. The molecule has 0 aliphatic heterocycles. The highest BCUT2D eigenvalue weighted by Crippen LogP contribution is 2.57. The fourth-order valence-corrected chi connectivity index (χ4v) is 3.42. The number of halogens is 6. The predicted octanol–water partition coefficient (Wildman–Crippen LogP) is 2.48. The van der Waals surface area contributed by atoms with E-state index in [0.29, 0.717) is 24.3 Å². The van der Waals surface area contributed by atoms with Crippen LogP contribution in [-0.4, -0.2) is 43.0 Å². The minimum atomic E-state index is -6.06. The molecule has 0 amide bonds. The summed E-state index contributed by atoms with van der Waals surface area (Å²) in [5.41, 5.74) is -10.5. The molecule has 0 unspecified atom stereocenters. The van der Waals surface area contributed by atoms with Crippen molar-refractivity contribution in [1.82, 2.24) is 0 Å². The van der Waals surface area contributed by atoms with Gasteiger partial charge in [0.2, 0.25) is 5.41 Å². The Morgan fingerprint density at radius 2 is 0.742 bits per heavy atom. The number of aliphatic hydroxyl groups excluding tert-OH is 4. The number of rotatable bonds is 6. The van der Waals surface area contributed by atoms with Gasteiger partial charge in [0.05, 0.1) is 26.4 Å². The van der Waals surface area contributed by atoms with Crippen molar-refractivity contribution in [3.63, 3.8) is 0 Å². The van der Waals surface area contributed by atoms with Gasteiger partial charge in [0, 0.05) is 22.3 Å². The van der Waals surface area contributed by atoms with Crippen molar-refractivity contribution in [2.24, 2.45) is 0 Å². The van der Waals surface area contributed by atoms with Gasteiger partial charge < -0.3 is 30.6 Å². The van der Waals surface area contributed by atoms with Gasteiger partial charge in [-0.2, -0.15) is 26.3 Å². The summed E-state index contributed by atoms with van der Waals surface area (Å²) < 4.78 is 85.7. The van der Waals surface area contributed by atoms with E-state index in [1.165, 1.54) is 0 Å². The van der Waals surface area contributed by atoms with Gasteiger partial charge in [-0.1, -0.05) is 0 Å². The van der Waals surface area contributed by atoms with Gasteiger partial charge in [0.1, 0.15) is 11.5 Å². The molecule has 6 nitrogen and oxygen atoms in total. The Kier molecular flexibility index (Phi) is 6.81. The number of benzene rings is 2. The quantitative estimate of drug-likeness (QED) is 0.372. The Balaban J connectivity index is 3.12. The first kappa shape index (κ1) is 24.7. The zero-order chi connectivity index (χ0) is 23.8. The van der Waals surface area contributed by atoms with E-state index >= 15 is 0 Å². The number of hydrogen-bond donors (Lipinski definition) is 6. The second kappa shape index (κ2) is 8.54. The molecule has 2 aromatic rings. The summed E-state index contributed by atoms with van der Waals surface area (Å²) in [5, 5.41) is 57.0. The summed E-state index contributed by atoms with van der Waals surface area (Å²) in [7, 11) is 0. The van der Waals surface area contributed by atoms with Crippen LogP contribution in [0.1, 0.15) is 33.4 Å². The smallest absolute Gasteiger partial charge is 0.411 e. The van der Waals surface area contributed by atoms with Gasteiger partial charge in [0.25, 0.3) is 0 Å². The minimum Gasteiger partial charge on any atom is -0.507 e. The van der Waals surface area contributed by atoms with Gasteiger partial charge in [-0.3, -0.25) is 0 Å². The topological polar surface area (TPSA) is 121 Å². The largest absolute Gasteiger partial charge is 0.507 e. The van der Waals surface area contributed by atoms with Crippen molar-refractivity contribution in [2.75, 3.05) is 0 Å². The lowest BCUT2D eigenvalue weighted by atomic mass is 9.71. The molecule has 172 valence electrons. The SMILES string of the molecule is OCc1cc(C(c2cc(CO)c(O)c(CO)c2)(C(F)(F)F)C(F)(F)F)cc(CO)c1O. The second-order valence-corrected chi connectivity index (χ2v) is 6.66. The highest BCUT2D eigenvalue weighted by atomic mass is 19.4. The van der Waals surface area contributed by atoms with E-state index in [-0.39, 0.29) is 0 Å². The van der Waals surface area contributed by atoms with Crippen molar-refractivity contribution in [3.05, 3.63) is 57.6 Å². The Morgan fingerprint density at radius 1 is 0.516 bits per heavy atom. The first-order valence-corrected chi connectivity index (χ1v) is 8.57. The van der Waals surface area contributed by atoms with Crippen LogP contribution in [0.25, 0.3) is 0 Å². The monoisotopic (exact) mass is 456 g/mol. The maximum absolute atomic E-state index is 14.3. The first-order chi connectivity index (χ1) is 14.3. The third-order valence-electron chi connectivity index (χ3n) is 4.93.